The van der Waals surface area contributed by atoms with E-state index in [-0.39, 0.29) is 0 Å². The summed E-state index contributed by atoms with van der Waals surface area (Å²) in [4.78, 5) is 4.93. The summed E-state index contributed by atoms with van der Waals surface area (Å²) in [5.41, 5.74) is 1.22. The number of piperidine rings is 1. The highest BCUT2D eigenvalue weighted by Crippen LogP contribution is 2.18. The lowest BCUT2D eigenvalue weighted by Gasteiger charge is -2.38. The summed E-state index contributed by atoms with van der Waals surface area (Å²) in [6.07, 6.45) is 2.58. The van der Waals surface area contributed by atoms with Gasteiger partial charge in [0.05, 0.1) is 0 Å². The molecular weight excluding hydrogens is 184 g/mol. The maximum Gasteiger partial charge on any atom is 0.0189 e. The average Bonchev–Trinajstić information content (AvgIpc) is 2.17. The van der Waals surface area contributed by atoms with E-state index in [4.69, 9.17) is 0 Å². The summed E-state index contributed by atoms with van der Waals surface area (Å²) < 4.78 is 0. The molecule has 0 N–H and O–H groups in total. The molecule has 2 nitrogen and oxygen atoms in total. The van der Waals surface area contributed by atoms with Crippen LogP contribution in [-0.2, 0) is 0 Å². The van der Waals surface area contributed by atoms with Gasteiger partial charge in [-0.15, -0.1) is 0 Å². The molecule has 0 radical (unpaired) electrons. The Labute approximate surface area is 94.9 Å². The van der Waals surface area contributed by atoms with Gasteiger partial charge in [-0.05, 0) is 32.7 Å². The molecule has 0 spiro atoms. The molecule has 15 heavy (non-hydrogen) atoms. The zero-order chi connectivity index (χ0) is 11.4. The fourth-order valence-corrected chi connectivity index (χ4v) is 2.41. The van der Waals surface area contributed by atoms with Crippen LogP contribution in [0.15, 0.2) is 12.3 Å². The van der Waals surface area contributed by atoms with Crippen LogP contribution >= 0.6 is 0 Å². The first-order chi connectivity index (χ1) is 7.00. The van der Waals surface area contributed by atoms with E-state index in [9.17, 15) is 0 Å². The topological polar surface area (TPSA) is 6.48 Å². The van der Waals surface area contributed by atoms with Crippen molar-refractivity contribution >= 4 is 0 Å². The van der Waals surface area contributed by atoms with Crippen molar-refractivity contribution in [2.24, 2.45) is 5.92 Å². The van der Waals surface area contributed by atoms with Gasteiger partial charge in [0, 0.05) is 31.4 Å². The standard InChI is InChI=1S/C13H26N2/c1-11(2)10-14(5)13-6-8-15(9-7-13)12(3)4/h11,13H,3,6-10H2,1-2,4-5H3. The molecule has 0 aliphatic carbocycles. The van der Waals surface area contributed by atoms with Crippen molar-refractivity contribution in [2.45, 2.75) is 39.7 Å². The lowest BCUT2D eigenvalue weighted by molar-refractivity contribution is 0.137. The molecule has 0 amide bonds. The van der Waals surface area contributed by atoms with E-state index in [0.717, 1.165) is 12.0 Å². The van der Waals surface area contributed by atoms with Gasteiger partial charge in [0.1, 0.15) is 0 Å². The van der Waals surface area contributed by atoms with Crippen LogP contribution in [0.25, 0.3) is 0 Å². The SMILES string of the molecule is C=C(C)N1CCC(N(C)CC(C)C)CC1. The maximum absolute atomic E-state index is 4.01. The van der Waals surface area contributed by atoms with Crippen molar-refractivity contribution in [2.75, 3.05) is 26.7 Å². The van der Waals surface area contributed by atoms with Gasteiger partial charge in [-0.3, -0.25) is 0 Å². The number of hydrogen-bond acceptors (Lipinski definition) is 2. The molecule has 0 atom stereocenters. The molecule has 1 heterocycles. The Balaban J connectivity index is 2.33. The molecule has 1 aliphatic rings. The van der Waals surface area contributed by atoms with Crippen LogP contribution in [-0.4, -0.2) is 42.5 Å². The summed E-state index contributed by atoms with van der Waals surface area (Å²) in [6, 6.07) is 0.781. The van der Waals surface area contributed by atoms with Crippen LogP contribution < -0.4 is 0 Å². The van der Waals surface area contributed by atoms with Gasteiger partial charge in [-0.25, -0.2) is 0 Å². The number of hydrogen-bond donors (Lipinski definition) is 0. The van der Waals surface area contributed by atoms with E-state index < -0.39 is 0 Å². The molecule has 2 heteroatoms. The number of allylic oxidation sites excluding steroid dienone is 1. The quantitative estimate of drug-likeness (QED) is 0.703. The Morgan fingerprint density at radius 3 is 2.33 bits per heavy atom. The summed E-state index contributed by atoms with van der Waals surface area (Å²) in [7, 11) is 2.26. The smallest absolute Gasteiger partial charge is 0.0189 e. The van der Waals surface area contributed by atoms with Crippen molar-refractivity contribution in [1.29, 1.82) is 0 Å². The summed E-state index contributed by atoms with van der Waals surface area (Å²) >= 11 is 0. The van der Waals surface area contributed by atoms with Crippen LogP contribution in [0.3, 0.4) is 0 Å². The van der Waals surface area contributed by atoms with Gasteiger partial charge in [-0.1, -0.05) is 20.4 Å². The number of nitrogens with zero attached hydrogens (tertiary/aromatic N) is 2. The van der Waals surface area contributed by atoms with Crippen molar-refractivity contribution in [1.82, 2.24) is 9.80 Å². The zero-order valence-corrected chi connectivity index (χ0v) is 10.8. The molecule has 88 valence electrons. The van der Waals surface area contributed by atoms with E-state index in [1.807, 2.05) is 0 Å². The fraction of sp³-hybridized carbons (Fsp3) is 0.846. The number of likely N-dealkylation sites (tertiary alicyclic amines) is 1. The molecule has 1 fully saturated rings. The second-order valence-electron chi connectivity index (χ2n) is 5.29. The van der Waals surface area contributed by atoms with Gasteiger partial charge < -0.3 is 9.80 Å². The fourth-order valence-electron chi connectivity index (χ4n) is 2.41. The van der Waals surface area contributed by atoms with Crippen LogP contribution in [0, 0.1) is 5.92 Å². The van der Waals surface area contributed by atoms with Crippen molar-refractivity contribution in [3.8, 4) is 0 Å². The largest absolute Gasteiger partial charge is 0.375 e. The maximum atomic E-state index is 4.01. The van der Waals surface area contributed by atoms with Crippen molar-refractivity contribution < 1.29 is 0 Å². The minimum Gasteiger partial charge on any atom is -0.375 e. The second kappa shape index (κ2) is 5.55. The second-order valence-corrected chi connectivity index (χ2v) is 5.29. The van der Waals surface area contributed by atoms with Gasteiger partial charge in [0.2, 0.25) is 0 Å². The third-order valence-corrected chi connectivity index (χ3v) is 3.28. The first kappa shape index (κ1) is 12.6. The van der Waals surface area contributed by atoms with E-state index in [2.05, 4.69) is 44.2 Å². The molecule has 0 aromatic heterocycles. The third kappa shape index (κ3) is 3.86. The minimum atomic E-state index is 0.772. The van der Waals surface area contributed by atoms with Gasteiger partial charge in [0.15, 0.2) is 0 Å². The van der Waals surface area contributed by atoms with Crippen molar-refractivity contribution in [3.05, 3.63) is 12.3 Å². The van der Waals surface area contributed by atoms with E-state index in [1.165, 1.54) is 38.2 Å². The van der Waals surface area contributed by atoms with Gasteiger partial charge in [0.25, 0.3) is 0 Å². The highest BCUT2D eigenvalue weighted by Gasteiger charge is 2.22. The number of rotatable bonds is 4. The first-order valence-electron chi connectivity index (χ1n) is 6.11. The molecule has 1 saturated heterocycles. The zero-order valence-electron chi connectivity index (χ0n) is 10.8. The van der Waals surface area contributed by atoms with Crippen LogP contribution in [0.4, 0.5) is 0 Å². The van der Waals surface area contributed by atoms with Gasteiger partial charge in [-0.2, -0.15) is 0 Å². The predicted octanol–water partition coefficient (Wildman–Crippen LogP) is 2.57. The van der Waals surface area contributed by atoms with Crippen LogP contribution in [0.5, 0.6) is 0 Å². The summed E-state index contributed by atoms with van der Waals surface area (Å²) in [6.45, 7) is 14.3. The van der Waals surface area contributed by atoms with E-state index >= 15 is 0 Å². The summed E-state index contributed by atoms with van der Waals surface area (Å²) in [5.74, 6) is 0.772. The Bertz CT molecular complexity index is 203. The molecule has 0 bridgehead atoms. The van der Waals surface area contributed by atoms with Gasteiger partial charge >= 0.3 is 0 Å². The average molecular weight is 210 g/mol. The molecule has 0 aromatic rings. The van der Waals surface area contributed by atoms with Crippen LogP contribution in [0.1, 0.15) is 33.6 Å². The Morgan fingerprint density at radius 1 is 1.40 bits per heavy atom. The molecule has 0 unspecified atom stereocenters. The first-order valence-corrected chi connectivity index (χ1v) is 6.11. The molecule has 0 aromatic carbocycles. The van der Waals surface area contributed by atoms with E-state index in [1.54, 1.807) is 0 Å². The Hall–Kier alpha value is -0.500. The third-order valence-electron chi connectivity index (χ3n) is 3.28. The monoisotopic (exact) mass is 210 g/mol. The van der Waals surface area contributed by atoms with Crippen LogP contribution in [0.2, 0.25) is 0 Å². The Kier molecular flexibility index (Phi) is 4.65. The molecule has 1 rings (SSSR count). The molecule has 1 aliphatic heterocycles. The highest BCUT2D eigenvalue weighted by molar-refractivity contribution is 4.92. The highest BCUT2D eigenvalue weighted by atomic mass is 15.2. The molecular formula is C13H26N2. The lowest BCUT2D eigenvalue weighted by Crippen LogP contribution is -2.43. The predicted molar refractivity (Wildman–Crippen MR) is 66.9 cm³/mol. The minimum absolute atomic E-state index is 0.772. The lowest BCUT2D eigenvalue weighted by atomic mass is 10.0. The molecule has 0 saturated carbocycles. The van der Waals surface area contributed by atoms with E-state index in [0.29, 0.717) is 0 Å². The Morgan fingerprint density at radius 2 is 1.93 bits per heavy atom. The van der Waals surface area contributed by atoms with Crippen molar-refractivity contribution in [3.63, 3.8) is 0 Å². The summed E-state index contributed by atoms with van der Waals surface area (Å²) in [5, 5.41) is 0. The normalized spacial score (nSPS) is 18.9.